The van der Waals surface area contributed by atoms with Crippen LogP contribution in [0.3, 0.4) is 0 Å². The number of aryl methyl sites for hydroxylation is 1. The van der Waals surface area contributed by atoms with Crippen molar-refractivity contribution >= 4 is 11.0 Å². The molecule has 62 valence electrons. The summed E-state index contributed by atoms with van der Waals surface area (Å²) in [5, 5.41) is 7.51. The molecule has 2 aromatic rings. The predicted octanol–water partition coefficient (Wildman–Crippen LogP) is 2.18. The molecule has 0 aliphatic rings. The van der Waals surface area contributed by atoms with Crippen molar-refractivity contribution in [2.24, 2.45) is 0 Å². The molecule has 1 aromatic carbocycles. The minimum Gasteiger partial charge on any atom is -0.243 e. The van der Waals surface area contributed by atoms with Gasteiger partial charge in [0.1, 0.15) is 11.0 Å². The zero-order valence-corrected chi connectivity index (χ0v) is 6.95. The monoisotopic (exact) mass is 162 g/mol. The Morgan fingerprint density at radius 3 is 2.92 bits per heavy atom. The van der Waals surface area contributed by atoms with Crippen LogP contribution in [0.1, 0.15) is 18.9 Å². The lowest BCUT2D eigenvalue weighted by atomic mass is 10.1. The van der Waals surface area contributed by atoms with Gasteiger partial charge in [0.05, 0.1) is 0 Å². The summed E-state index contributed by atoms with van der Waals surface area (Å²) in [5.74, 6) is 0. The van der Waals surface area contributed by atoms with Gasteiger partial charge in [0.15, 0.2) is 0 Å². The van der Waals surface area contributed by atoms with Crippen LogP contribution in [-0.4, -0.2) is 10.3 Å². The fourth-order valence-corrected chi connectivity index (χ4v) is 1.27. The van der Waals surface area contributed by atoms with Gasteiger partial charge in [-0.2, -0.15) is 0 Å². The average Bonchev–Trinajstić information content (AvgIpc) is 2.51. The molecule has 12 heavy (non-hydrogen) atoms. The Bertz CT molecular complexity index is 381. The van der Waals surface area contributed by atoms with Crippen LogP contribution in [0.15, 0.2) is 22.8 Å². The highest BCUT2D eigenvalue weighted by Gasteiger charge is 1.99. The second kappa shape index (κ2) is 2.93. The number of rotatable bonds is 2. The van der Waals surface area contributed by atoms with Crippen molar-refractivity contribution in [2.75, 3.05) is 0 Å². The summed E-state index contributed by atoms with van der Waals surface area (Å²) in [6.45, 7) is 2.16. The van der Waals surface area contributed by atoms with Crippen molar-refractivity contribution in [2.45, 2.75) is 19.8 Å². The molecule has 2 rings (SSSR count). The quantitative estimate of drug-likeness (QED) is 0.679. The number of fused-ring (bicyclic) bond motifs is 1. The molecular formula is C9H10N2O. The molecule has 0 amide bonds. The normalized spacial score (nSPS) is 10.8. The highest BCUT2D eigenvalue weighted by atomic mass is 16.6. The van der Waals surface area contributed by atoms with E-state index in [2.05, 4.69) is 27.9 Å². The Balaban J connectivity index is 2.46. The molecule has 0 atom stereocenters. The van der Waals surface area contributed by atoms with E-state index >= 15 is 0 Å². The summed E-state index contributed by atoms with van der Waals surface area (Å²) in [7, 11) is 0. The molecule has 0 spiro atoms. The van der Waals surface area contributed by atoms with E-state index < -0.39 is 0 Å². The van der Waals surface area contributed by atoms with Gasteiger partial charge in [0, 0.05) is 0 Å². The molecule has 0 N–H and O–H groups in total. The van der Waals surface area contributed by atoms with E-state index in [0.717, 1.165) is 23.9 Å². The first kappa shape index (κ1) is 7.28. The summed E-state index contributed by atoms with van der Waals surface area (Å²) >= 11 is 0. The molecule has 1 heterocycles. The molecule has 0 bridgehead atoms. The van der Waals surface area contributed by atoms with Crippen molar-refractivity contribution < 1.29 is 4.63 Å². The molecule has 0 fully saturated rings. The maximum atomic E-state index is 4.60. The van der Waals surface area contributed by atoms with Gasteiger partial charge in [-0.3, -0.25) is 0 Å². The van der Waals surface area contributed by atoms with Gasteiger partial charge in [-0.25, -0.2) is 4.63 Å². The summed E-state index contributed by atoms with van der Waals surface area (Å²) in [4.78, 5) is 0. The van der Waals surface area contributed by atoms with Crippen LogP contribution in [0, 0.1) is 0 Å². The fourth-order valence-electron chi connectivity index (χ4n) is 1.27. The van der Waals surface area contributed by atoms with Crippen molar-refractivity contribution in [3.8, 4) is 0 Å². The fraction of sp³-hybridized carbons (Fsp3) is 0.333. The molecule has 0 saturated heterocycles. The van der Waals surface area contributed by atoms with E-state index in [1.165, 1.54) is 5.56 Å². The minimum absolute atomic E-state index is 0.829. The largest absolute Gasteiger partial charge is 0.243 e. The Morgan fingerprint density at radius 2 is 2.08 bits per heavy atom. The summed E-state index contributed by atoms with van der Waals surface area (Å²) in [6, 6.07) is 6.03. The third-order valence-corrected chi connectivity index (χ3v) is 1.86. The SMILES string of the molecule is CCCc1ccc2nonc2c1. The lowest BCUT2D eigenvalue weighted by Crippen LogP contribution is -1.81. The second-order valence-corrected chi connectivity index (χ2v) is 2.84. The molecule has 0 saturated carbocycles. The zero-order chi connectivity index (χ0) is 8.39. The predicted molar refractivity (Wildman–Crippen MR) is 45.8 cm³/mol. The van der Waals surface area contributed by atoms with E-state index in [-0.39, 0.29) is 0 Å². The number of benzene rings is 1. The molecule has 3 nitrogen and oxygen atoms in total. The van der Waals surface area contributed by atoms with Gasteiger partial charge in [0.25, 0.3) is 0 Å². The van der Waals surface area contributed by atoms with E-state index in [0.29, 0.717) is 0 Å². The van der Waals surface area contributed by atoms with Crippen LogP contribution in [0.5, 0.6) is 0 Å². The van der Waals surface area contributed by atoms with Gasteiger partial charge < -0.3 is 0 Å². The lowest BCUT2D eigenvalue weighted by Gasteiger charge is -1.94. The Hall–Kier alpha value is -1.38. The number of hydrogen-bond acceptors (Lipinski definition) is 3. The molecule has 3 heteroatoms. The maximum absolute atomic E-state index is 4.60. The number of aromatic nitrogens is 2. The molecule has 0 aliphatic carbocycles. The smallest absolute Gasteiger partial charge is 0.135 e. The topological polar surface area (TPSA) is 38.9 Å². The molecule has 0 aliphatic heterocycles. The Labute approximate surface area is 70.3 Å². The Kier molecular flexibility index (Phi) is 1.78. The standard InChI is InChI=1S/C9H10N2O/c1-2-3-7-4-5-8-9(6-7)11-12-10-8/h4-6H,2-3H2,1H3. The summed E-state index contributed by atoms with van der Waals surface area (Å²) in [5.41, 5.74) is 2.97. The van der Waals surface area contributed by atoms with Gasteiger partial charge in [-0.1, -0.05) is 19.4 Å². The van der Waals surface area contributed by atoms with Gasteiger partial charge >= 0.3 is 0 Å². The minimum atomic E-state index is 0.829. The second-order valence-electron chi connectivity index (χ2n) is 2.84. The van der Waals surface area contributed by atoms with Crippen LogP contribution in [0.2, 0.25) is 0 Å². The number of nitrogens with zero attached hydrogens (tertiary/aromatic N) is 2. The van der Waals surface area contributed by atoms with Crippen LogP contribution < -0.4 is 0 Å². The highest BCUT2D eigenvalue weighted by Crippen LogP contribution is 2.12. The molecule has 0 unspecified atom stereocenters. The highest BCUT2D eigenvalue weighted by molar-refractivity contribution is 5.73. The zero-order valence-electron chi connectivity index (χ0n) is 6.95. The van der Waals surface area contributed by atoms with Gasteiger partial charge in [0.2, 0.25) is 0 Å². The van der Waals surface area contributed by atoms with E-state index in [9.17, 15) is 0 Å². The summed E-state index contributed by atoms with van der Waals surface area (Å²) in [6.07, 6.45) is 2.24. The van der Waals surface area contributed by atoms with Crippen molar-refractivity contribution in [3.05, 3.63) is 23.8 Å². The lowest BCUT2D eigenvalue weighted by molar-refractivity contribution is 0.315. The first-order valence-corrected chi connectivity index (χ1v) is 4.11. The third-order valence-electron chi connectivity index (χ3n) is 1.86. The molecule has 1 aromatic heterocycles. The third kappa shape index (κ3) is 1.18. The van der Waals surface area contributed by atoms with Gasteiger partial charge in [-0.15, -0.1) is 0 Å². The summed E-state index contributed by atoms with van der Waals surface area (Å²) < 4.78 is 4.60. The van der Waals surface area contributed by atoms with Crippen LogP contribution >= 0.6 is 0 Å². The van der Waals surface area contributed by atoms with Crippen molar-refractivity contribution in [3.63, 3.8) is 0 Å². The molecule has 0 radical (unpaired) electrons. The first-order chi connectivity index (χ1) is 5.90. The van der Waals surface area contributed by atoms with E-state index in [1.54, 1.807) is 0 Å². The van der Waals surface area contributed by atoms with Crippen molar-refractivity contribution in [1.82, 2.24) is 10.3 Å². The van der Waals surface area contributed by atoms with Crippen LogP contribution in [0.4, 0.5) is 0 Å². The van der Waals surface area contributed by atoms with E-state index in [1.807, 2.05) is 12.1 Å². The average molecular weight is 162 g/mol. The molecular weight excluding hydrogens is 152 g/mol. The number of hydrogen-bond donors (Lipinski definition) is 0. The van der Waals surface area contributed by atoms with Crippen LogP contribution in [-0.2, 0) is 6.42 Å². The van der Waals surface area contributed by atoms with E-state index in [4.69, 9.17) is 0 Å². The first-order valence-electron chi connectivity index (χ1n) is 4.11. The Morgan fingerprint density at radius 1 is 1.25 bits per heavy atom. The van der Waals surface area contributed by atoms with Crippen LogP contribution in [0.25, 0.3) is 11.0 Å². The maximum Gasteiger partial charge on any atom is 0.135 e. The van der Waals surface area contributed by atoms with Crippen molar-refractivity contribution in [1.29, 1.82) is 0 Å². The van der Waals surface area contributed by atoms with Gasteiger partial charge in [-0.05, 0) is 34.4 Å².